The molecule has 0 saturated carbocycles. The average molecular weight is 251 g/mol. The van der Waals surface area contributed by atoms with Gasteiger partial charge in [0.05, 0.1) is 0 Å². The number of hydrogen-bond donors (Lipinski definition) is 0. The molecule has 0 heterocycles. The Hall–Kier alpha value is -2.02. The van der Waals surface area contributed by atoms with Gasteiger partial charge < -0.3 is 4.90 Å². The topological polar surface area (TPSA) is 3.24 Å². The Labute approximate surface area is 116 Å². The highest BCUT2D eigenvalue weighted by atomic mass is 15.1. The van der Waals surface area contributed by atoms with E-state index in [0.717, 1.165) is 6.54 Å². The van der Waals surface area contributed by atoms with Crippen molar-refractivity contribution in [2.24, 2.45) is 0 Å². The maximum absolute atomic E-state index is 2.23. The molecular formula is C18H21N. The number of benzene rings is 2. The van der Waals surface area contributed by atoms with Gasteiger partial charge in [0, 0.05) is 19.3 Å². The fourth-order valence-corrected chi connectivity index (χ4v) is 1.99. The Kier molecular flexibility index (Phi) is 4.40. The number of aryl methyl sites for hydroxylation is 1. The molecule has 1 heteroatoms. The Morgan fingerprint density at radius 2 is 1.63 bits per heavy atom. The van der Waals surface area contributed by atoms with Crippen LogP contribution in [0.25, 0.3) is 12.2 Å². The Morgan fingerprint density at radius 3 is 2.26 bits per heavy atom. The second-order valence-corrected chi connectivity index (χ2v) is 4.85. The van der Waals surface area contributed by atoms with Gasteiger partial charge in [-0.1, -0.05) is 54.1 Å². The second kappa shape index (κ2) is 6.24. The van der Waals surface area contributed by atoms with E-state index in [0.29, 0.717) is 0 Å². The van der Waals surface area contributed by atoms with Crippen molar-refractivity contribution in [1.29, 1.82) is 0 Å². The summed E-state index contributed by atoms with van der Waals surface area (Å²) in [6, 6.07) is 17.2. The van der Waals surface area contributed by atoms with Crippen LogP contribution < -0.4 is 4.90 Å². The van der Waals surface area contributed by atoms with Gasteiger partial charge in [-0.25, -0.2) is 0 Å². The molecule has 0 aromatic heterocycles. The fraction of sp³-hybridized carbons (Fsp3) is 0.222. The number of nitrogens with zero attached hydrogens (tertiary/aromatic N) is 1. The first-order chi connectivity index (χ1) is 9.19. The molecule has 19 heavy (non-hydrogen) atoms. The average Bonchev–Trinajstić information content (AvgIpc) is 2.45. The molecule has 0 aliphatic rings. The predicted molar refractivity (Wildman–Crippen MR) is 85.5 cm³/mol. The molecule has 0 aliphatic carbocycles. The standard InChI is InChI=1S/C18H21N/c1-4-19(3)18-12-10-16(11-13-18)8-9-17-7-5-6-15(2)14-17/h5-14H,4H2,1-3H3/b9-8+. The van der Waals surface area contributed by atoms with Crippen molar-refractivity contribution in [3.8, 4) is 0 Å². The molecule has 0 unspecified atom stereocenters. The third-order valence-electron chi connectivity index (χ3n) is 3.32. The molecule has 1 nitrogen and oxygen atoms in total. The zero-order valence-corrected chi connectivity index (χ0v) is 11.9. The zero-order valence-electron chi connectivity index (χ0n) is 11.9. The first kappa shape index (κ1) is 13.4. The summed E-state index contributed by atoms with van der Waals surface area (Å²) >= 11 is 0. The van der Waals surface area contributed by atoms with Crippen LogP contribution >= 0.6 is 0 Å². The van der Waals surface area contributed by atoms with Crippen LogP contribution in [0.5, 0.6) is 0 Å². The molecule has 98 valence electrons. The zero-order chi connectivity index (χ0) is 13.7. The van der Waals surface area contributed by atoms with E-state index in [1.807, 2.05) is 0 Å². The molecule has 0 spiro atoms. The van der Waals surface area contributed by atoms with Crippen molar-refractivity contribution in [3.63, 3.8) is 0 Å². The largest absolute Gasteiger partial charge is 0.375 e. The second-order valence-electron chi connectivity index (χ2n) is 4.85. The van der Waals surface area contributed by atoms with Gasteiger partial charge in [0.1, 0.15) is 0 Å². The highest BCUT2D eigenvalue weighted by Crippen LogP contribution is 2.15. The Morgan fingerprint density at radius 1 is 0.947 bits per heavy atom. The van der Waals surface area contributed by atoms with Gasteiger partial charge in [-0.3, -0.25) is 0 Å². The number of anilines is 1. The minimum atomic E-state index is 1.03. The molecule has 2 rings (SSSR count). The van der Waals surface area contributed by atoms with Crippen molar-refractivity contribution in [2.45, 2.75) is 13.8 Å². The molecular weight excluding hydrogens is 230 g/mol. The Balaban J connectivity index is 2.11. The molecule has 0 N–H and O–H groups in total. The molecule has 0 aliphatic heterocycles. The number of hydrogen-bond acceptors (Lipinski definition) is 1. The summed E-state index contributed by atoms with van der Waals surface area (Å²) in [4.78, 5) is 2.23. The van der Waals surface area contributed by atoms with Crippen molar-refractivity contribution in [1.82, 2.24) is 0 Å². The summed E-state index contributed by atoms with van der Waals surface area (Å²) in [5, 5.41) is 0. The third kappa shape index (κ3) is 3.72. The fourth-order valence-electron chi connectivity index (χ4n) is 1.99. The summed E-state index contributed by atoms with van der Waals surface area (Å²) in [6.45, 7) is 5.30. The van der Waals surface area contributed by atoms with Gasteiger partial charge >= 0.3 is 0 Å². The summed E-state index contributed by atoms with van der Waals surface area (Å²) in [7, 11) is 2.11. The van der Waals surface area contributed by atoms with Crippen molar-refractivity contribution < 1.29 is 0 Å². The van der Waals surface area contributed by atoms with Gasteiger partial charge in [-0.05, 0) is 37.1 Å². The summed E-state index contributed by atoms with van der Waals surface area (Å²) in [5.41, 5.74) is 5.03. The van der Waals surface area contributed by atoms with Crippen LogP contribution in [0.4, 0.5) is 5.69 Å². The normalized spacial score (nSPS) is 10.9. The van der Waals surface area contributed by atoms with Crippen molar-refractivity contribution in [3.05, 3.63) is 65.2 Å². The quantitative estimate of drug-likeness (QED) is 0.717. The summed E-state index contributed by atoms with van der Waals surface area (Å²) < 4.78 is 0. The van der Waals surface area contributed by atoms with Gasteiger partial charge in [0.15, 0.2) is 0 Å². The predicted octanol–water partition coefficient (Wildman–Crippen LogP) is 4.62. The molecule has 0 radical (unpaired) electrons. The monoisotopic (exact) mass is 251 g/mol. The maximum Gasteiger partial charge on any atom is 0.0363 e. The first-order valence-corrected chi connectivity index (χ1v) is 6.75. The van der Waals surface area contributed by atoms with E-state index in [2.05, 4.69) is 86.5 Å². The van der Waals surface area contributed by atoms with Crippen molar-refractivity contribution >= 4 is 17.8 Å². The van der Waals surface area contributed by atoms with E-state index in [9.17, 15) is 0 Å². The van der Waals surface area contributed by atoms with Crippen LogP contribution in [0.3, 0.4) is 0 Å². The molecule has 0 saturated heterocycles. The highest BCUT2D eigenvalue weighted by Gasteiger charge is 1.96. The third-order valence-corrected chi connectivity index (χ3v) is 3.32. The molecule has 0 atom stereocenters. The minimum absolute atomic E-state index is 1.03. The van der Waals surface area contributed by atoms with Crippen LogP contribution in [-0.2, 0) is 0 Å². The molecule has 0 fully saturated rings. The van der Waals surface area contributed by atoms with Gasteiger partial charge in [0.25, 0.3) is 0 Å². The van der Waals surface area contributed by atoms with Gasteiger partial charge in [-0.15, -0.1) is 0 Å². The lowest BCUT2D eigenvalue weighted by atomic mass is 10.1. The van der Waals surface area contributed by atoms with E-state index in [1.165, 1.54) is 22.4 Å². The lowest BCUT2D eigenvalue weighted by Crippen LogP contribution is -2.15. The van der Waals surface area contributed by atoms with E-state index >= 15 is 0 Å². The van der Waals surface area contributed by atoms with Crippen LogP contribution in [0, 0.1) is 6.92 Å². The molecule has 0 bridgehead atoms. The van der Waals surface area contributed by atoms with Crippen LogP contribution in [0.2, 0.25) is 0 Å². The van der Waals surface area contributed by atoms with Gasteiger partial charge in [-0.2, -0.15) is 0 Å². The highest BCUT2D eigenvalue weighted by molar-refractivity contribution is 5.70. The van der Waals surface area contributed by atoms with E-state index in [4.69, 9.17) is 0 Å². The first-order valence-electron chi connectivity index (χ1n) is 6.75. The molecule has 2 aromatic rings. The number of rotatable bonds is 4. The van der Waals surface area contributed by atoms with Crippen LogP contribution in [0.1, 0.15) is 23.6 Å². The van der Waals surface area contributed by atoms with Gasteiger partial charge in [0.2, 0.25) is 0 Å². The van der Waals surface area contributed by atoms with E-state index < -0.39 is 0 Å². The minimum Gasteiger partial charge on any atom is -0.375 e. The van der Waals surface area contributed by atoms with Crippen LogP contribution in [0.15, 0.2) is 48.5 Å². The summed E-state index contributed by atoms with van der Waals surface area (Å²) in [5.74, 6) is 0. The SMILES string of the molecule is CCN(C)c1ccc(/C=C/c2cccc(C)c2)cc1. The Bertz CT molecular complexity index is 552. The maximum atomic E-state index is 2.23. The van der Waals surface area contributed by atoms with Crippen molar-refractivity contribution in [2.75, 3.05) is 18.5 Å². The smallest absolute Gasteiger partial charge is 0.0363 e. The lowest BCUT2D eigenvalue weighted by molar-refractivity contribution is 0.968. The van der Waals surface area contributed by atoms with E-state index in [1.54, 1.807) is 0 Å². The molecule has 0 amide bonds. The lowest BCUT2D eigenvalue weighted by Gasteiger charge is -2.16. The van der Waals surface area contributed by atoms with Crippen LogP contribution in [-0.4, -0.2) is 13.6 Å². The summed E-state index contributed by atoms with van der Waals surface area (Å²) in [6.07, 6.45) is 4.32. The molecule has 2 aromatic carbocycles. The van der Waals surface area contributed by atoms with E-state index in [-0.39, 0.29) is 0 Å².